The van der Waals surface area contributed by atoms with E-state index in [1.165, 1.54) is 56.9 Å². The lowest BCUT2D eigenvalue weighted by Crippen LogP contribution is -1.88. The molecule has 164 valence electrons. The monoisotopic (exact) mass is 410 g/mol. The van der Waals surface area contributed by atoms with Gasteiger partial charge in [-0.25, -0.2) is 4.98 Å². The van der Waals surface area contributed by atoms with E-state index in [1.807, 2.05) is 18.2 Å². The lowest BCUT2D eigenvalue weighted by Gasteiger charge is -2.05. The number of hydrogen-bond acceptors (Lipinski definition) is 4. The molecule has 2 heterocycles. The first kappa shape index (κ1) is 24.0. The van der Waals surface area contributed by atoms with Crippen LogP contribution in [0.5, 0.6) is 0 Å². The van der Waals surface area contributed by atoms with Gasteiger partial charge in [-0.3, -0.25) is 4.98 Å². The zero-order chi connectivity index (χ0) is 21.3. The topological polar surface area (TPSA) is 56.0 Å². The average molecular weight is 411 g/mol. The van der Waals surface area contributed by atoms with Crippen molar-refractivity contribution >= 4 is 11.9 Å². The second-order valence-electron chi connectivity index (χ2n) is 8.00. The van der Waals surface area contributed by atoms with Crippen LogP contribution in [0, 0.1) is 0 Å². The largest absolute Gasteiger partial charge is 0.435 e. The highest BCUT2D eigenvalue weighted by Crippen LogP contribution is 2.26. The van der Waals surface area contributed by atoms with Crippen molar-refractivity contribution in [1.29, 1.82) is 0 Å². The smallest absolute Gasteiger partial charge is 0.222 e. The number of nitrogens with zero attached hydrogens (tertiary/aromatic N) is 2. The molecule has 0 saturated carbocycles. The minimum atomic E-state index is 0.690. The summed E-state index contributed by atoms with van der Waals surface area (Å²) in [5.41, 5.74) is 2.04. The van der Waals surface area contributed by atoms with Gasteiger partial charge in [0.1, 0.15) is 12.0 Å². The van der Waals surface area contributed by atoms with Crippen LogP contribution in [-0.2, 0) is 4.79 Å². The molecule has 2 rings (SSSR count). The first-order chi connectivity index (χ1) is 14.8. The van der Waals surface area contributed by atoms with Crippen LogP contribution in [0.15, 0.2) is 41.1 Å². The van der Waals surface area contributed by atoms with Crippen LogP contribution in [0.3, 0.4) is 0 Å². The summed E-state index contributed by atoms with van der Waals surface area (Å²) in [6.07, 6.45) is 23.2. The maximum absolute atomic E-state index is 10.4. The van der Waals surface area contributed by atoms with Gasteiger partial charge in [-0.05, 0) is 44.2 Å². The Kier molecular flexibility index (Phi) is 12.5. The lowest BCUT2D eigenvalue weighted by atomic mass is 10.0. The van der Waals surface area contributed by atoms with E-state index in [0.29, 0.717) is 6.42 Å². The minimum absolute atomic E-state index is 0.690. The summed E-state index contributed by atoms with van der Waals surface area (Å²) in [7, 11) is 0. The summed E-state index contributed by atoms with van der Waals surface area (Å²) in [6.45, 7) is 2.26. The van der Waals surface area contributed by atoms with Crippen molar-refractivity contribution in [2.45, 2.75) is 96.8 Å². The van der Waals surface area contributed by atoms with Crippen LogP contribution in [0.25, 0.3) is 17.0 Å². The van der Waals surface area contributed by atoms with Crippen LogP contribution >= 0.6 is 0 Å². The van der Waals surface area contributed by atoms with Gasteiger partial charge >= 0.3 is 0 Å². The summed E-state index contributed by atoms with van der Waals surface area (Å²) < 4.78 is 6.07. The van der Waals surface area contributed by atoms with E-state index in [2.05, 4.69) is 23.0 Å². The number of unbranched alkanes of at least 4 members (excludes halogenated alkanes) is 11. The molecule has 0 unspecified atom stereocenters. The van der Waals surface area contributed by atoms with Crippen molar-refractivity contribution in [3.05, 3.63) is 42.6 Å². The van der Waals surface area contributed by atoms with Gasteiger partial charge in [0.25, 0.3) is 0 Å². The molecule has 0 spiro atoms. The van der Waals surface area contributed by atoms with Gasteiger partial charge in [-0.1, -0.05) is 70.4 Å². The molecule has 4 heteroatoms. The van der Waals surface area contributed by atoms with Gasteiger partial charge in [-0.2, -0.15) is 0 Å². The SMILES string of the molecule is CCCCCCCC/C=C(\CCCCCCCC=O)c1ncc(-c2ccccn2)o1. The van der Waals surface area contributed by atoms with Gasteiger partial charge in [0.15, 0.2) is 5.76 Å². The first-order valence-electron chi connectivity index (χ1n) is 11.9. The third kappa shape index (κ3) is 9.51. The molecule has 0 atom stereocenters. The molecule has 0 saturated heterocycles. The molecule has 0 amide bonds. The summed E-state index contributed by atoms with van der Waals surface area (Å²) in [6, 6.07) is 5.81. The Hall–Kier alpha value is -2.23. The molecule has 0 aliphatic rings. The molecular weight excluding hydrogens is 372 g/mol. The summed E-state index contributed by atoms with van der Waals surface area (Å²) in [5.74, 6) is 1.47. The number of hydrogen-bond donors (Lipinski definition) is 0. The van der Waals surface area contributed by atoms with Gasteiger partial charge in [-0.15, -0.1) is 0 Å². The second-order valence-corrected chi connectivity index (χ2v) is 8.00. The Balaban J connectivity index is 1.89. The number of pyridine rings is 1. The normalized spacial score (nSPS) is 11.7. The number of carbonyl (C=O) groups is 1. The van der Waals surface area contributed by atoms with Crippen molar-refractivity contribution in [2.75, 3.05) is 0 Å². The van der Waals surface area contributed by atoms with Crippen molar-refractivity contribution in [1.82, 2.24) is 9.97 Å². The average Bonchev–Trinajstić information content (AvgIpc) is 3.27. The summed E-state index contributed by atoms with van der Waals surface area (Å²) >= 11 is 0. The zero-order valence-corrected chi connectivity index (χ0v) is 18.7. The van der Waals surface area contributed by atoms with Crippen LogP contribution in [0.1, 0.15) is 103 Å². The summed E-state index contributed by atoms with van der Waals surface area (Å²) in [4.78, 5) is 19.3. The first-order valence-corrected chi connectivity index (χ1v) is 11.9. The van der Waals surface area contributed by atoms with E-state index in [4.69, 9.17) is 4.42 Å². The lowest BCUT2D eigenvalue weighted by molar-refractivity contribution is -0.107. The number of oxazole rings is 1. The predicted molar refractivity (Wildman–Crippen MR) is 124 cm³/mol. The Morgan fingerprint density at radius 3 is 2.37 bits per heavy atom. The van der Waals surface area contributed by atoms with Crippen molar-refractivity contribution < 1.29 is 9.21 Å². The number of allylic oxidation sites excluding steroid dienone is 2. The Labute approximate surface area is 182 Å². The zero-order valence-electron chi connectivity index (χ0n) is 18.7. The molecular formula is C26H38N2O2. The molecule has 0 aliphatic carbocycles. The molecule has 2 aromatic heterocycles. The van der Waals surface area contributed by atoms with Crippen molar-refractivity contribution in [3.63, 3.8) is 0 Å². The van der Waals surface area contributed by atoms with E-state index >= 15 is 0 Å². The van der Waals surface area contributed by atoms with Crippen molar-refractivity contribution in [3.8, 4) is 11.5 Å². The molecule has 0 aliphatic heterocycles. The second kappa shape index (κ2) is 15.6. The fraction of sp³-hybridized carbons (Fsp3) is 0.577. The van der Waals surface area contributed by atoms with E-state index in [0.717, 1.165) is 55.7 Å². The fourth-order valence-electron chi connectivity index (χ4n) is 3.62. The Morgan fingerprint density at radius 2 is 1.63 bits per heavy atom. The maximum Gasteiger partial charge on any atom is 0.222 e. The van der Waals surface area contributed by atoms with Crippen LogP contribution in [-0.4, -0.2) is 16.3 Å². The third-order valence-corrected chi connectivity index (χ3v) is 5.41. The highest BCUT2D eigenvalue weighted by molar-refractivity contribution is 5.61. The molecule has 0 radical (unpaired) electrons. The number of aromatic nitrogens is 2. The third-order valence-electron chi connectivity index (χ3n) is 5.41. The van der Waals surface area contributed by atoms with Crippen LogP contribution < -0.4 is 0 Å². The molecule has 2 aromatic rings. The molecule has 0 bridgehead atoms. The molecule has 0 fully saturated rings. The number of aldehydes is 1. The molecule has 30 heavy (non-hydrogen) atoms. The van der Waals surface area contributed by atoms with Crippen LogP contribution in [0.2, 0.25) is 0 Å². The molecule has 0 aromatic carbocycles. The number of carbonyl (C=O) groups excluding carboxylic acids is 1. The van der Waals surface area contributed by atoms with Crippen molar-refractivity contribution in [2.24, 2.45) is 0 Å². The highest BCUT2D eigenvalue weighted by Gasteiger charge is 2.11. The molecule has 4 nitrogen and oxygen atoms in total. The highest BCUT2D eigenvalue weighted by atomic mass is 16.4. The summed E-state index contributed by atoms with van der Waals surface area (Å²) in [5, 5.41) is 0. The van der Waals surface area contributed by atoms with E-state index < -0.39 is 0 Å². The van der Waals surface area contributed by atoms with E-state index in [9.17, 15) is 4.79 Å². The number of rotatable bonds is 17. The minimum Gasteiger partial charge on any atom is -0.435 e. The quantitative estimate of drug-likeness (QED) is 0.197. The van der Waals surface area contributed by atoms with Crippen LogP contribution in [0.4, 0.5) is 0 Å². The van der Waals surface area contributed by atoms with Gasteiger partial charge < -0.3 is 9.21 Å². The predicted octanol–water partition coefficient (Wildman–Crippen LogP) is 7.80. The van der Waals surface area contributed by atoms with Gasteiger partial charge in [0.05, 0.1) is 6.20 Å². The van der Waals surface area contributed by atoms with Gasteiger partial charge in [0, 0.05) is 18.2 Å². The Bertz CT molecular complexity index is 722. The molecule has 0 N–H and O–H groups in total. The van der Waals surface area contributed by atoms with E-state index in [1.54, 1.807) is 12.4 Å². The fourth-order valence-corrected chi connectivity index (χ4v) is 3.62. The van der Waals surface area contributed by atoms with Gasteiger partial charge in [0.2, 0.25) is 5.89 Å². The standard InChI is InChI=1S/C26H38N2O2/c1-2-3-4-5-6-9-12-17-23(18-13-10-7-8-11-16-21-29)26-28-22-25(30-26)24-19-14-15-20-27-24/h14-15,17,19-22H,2-13,16,18H2,1H3/b23-17+. The maximum atomic E-state index is 10.4. The Morgan fingerprint density at radius 1 is 0.900 bits per heavy atom. The van der Waals surface area contributed by atoms with E-state index in [-0.39, 0.29) is 0 Å².